The van der Waals surface area contributed by atoms with Gasteiger partial charge in [-0.3, -0.25) is 0 Å². The second kappa shape index (κ2) is 3.64. The molecular formula is C11H13F3. The number of halogens is 3. The van der Waals surface area contributed by atoms with E-state index >= 15 is 0 Å². The predicted octanol–water partition coefficient (Wildman–Crippen LogP) is 3.88. The second-order valence-corrected chi connectivity index (χ2v) is 3.71. The van der Waals surface area contributed by atoms with Crippen LogP contribution in [0.15, 0.2) is 18.2 Å². The van der Waals surface area contributed by atoms with Gasteiger partial charge in [-0.2, -0.15) is 0 Å². The minimum atomic E-state index is -3.10. The van der Waals surface area contributed by atoms with Gasteiger partial charge in [0.05, 0.1) is 5.56 Å². The Morgan fingerprint density at radius 2 is 1.79 bits per heavy atom. The molecule has 3 heteroatoms. The van der Waals surface area contributed by atoms with E-state index < -0.39 is 23.2 Å². The highest BCUT2D eigenvalue weighted by molar-refractivity contribution is 5.28. The van der Waals surface area contributed by atoms with Crippen molar-refractivity contribution in [2.45, 2.75) is 26.7 Å². The lowest BCUT2D eigenvalue weighted by Crippen LogP contribution is -2.22. The normalized spacial score (nSPS) is 12.2. The van der Waals surface area contributed by atoms with Crippen LogP contribution >= 0.6 is 0 Å². The second-order valence-electron chi connectivity index (χ2n) is 3.71. The molecule has 0 heterocycles. The van der Waals surface area contributed by atoms with Crippen molar-refractivity contribution in [1.82, 2.24) is 0 Å². The van der Waals surface area contributed by atoms with Gasteiger partial charge in [0.15, 0.2) is 0 Å². The number of hydrogen-bond donors (Lipinski definition) is 0. The van der Waals surface area contributed by atoms with E-state index in [0.717, 1.165) is 6.07 Å². The van der Waals surface area contributed by atoms with Gasteiger partial charge in [-0.1, -0.05) is 32.0 Å². The summed E-state index contributed by atoms with van der Waals surface area (Å²) in [5, 5.41) is 0. The molecule has 0 aliphatic carbocycles. The first-order valence-electron chi connectivity index (χ1n) is 4.50. The van der Waals surface area contributed by atoms with Crippen LogP contribution in [-0.4, -0.2) is 0 Å². The largest absolute Gasteiger partial charge is 0.278 e. The molecule has 14 heavy (non-hydrogen) atoms. The van der Waals surface area contributed by atoms with Crippen molar-refractivity contribution in [3.63, 3.8) is 0 Å². The molecule has 0 saturated heterocycles. The zero-order valence-electron chi connectivity index (χ0n) is 8.44. The van der Waals surface area contributed by atoms with E-state index in [1.165, 1.54) is 32.9 Å². The molecule has 0 amide bonds. The molecule has 0 aliphatic rings. The van der Waals surface area contributed by atoms with Crippen molar-refractivity contribution in [2.24, 2.45) is 5.92 Å². The maximum absolute atomic E-state index is 13.5. The van der Waals surface area contributed by atoms with Gasteiger partial charge < -0.3 is 0 Å². The summed E-state index contributed by atoms with van der Waals surface area (Å²) in [6, 6.07) is 4.07. The molecule has 0 aliphatic heterocycles. The highest BCUT2D eigenvalue weighted by Crippen LogP contribution is 2.37. The number of hydrogen-bond acceptors (Lipinski definition) is 0. The molecule has 0 saturated carbocycles. The van der Waals surface area contributed by atoms with Crippen molar-refractivity contribution < 1.29 is 13.2 Å². The van der Waals surface area contributed by atoms with E-state index in [-0.39, 0.29) is 5.56 Å². The Labute approximate surface area is 81.8 Å². The standard InChI is InChI=1S/C11H13F3/c1-7(2)11(13,14)9-6-4-5-8(3)10(9)12/h4-7H,1-3H3. The monoisotopic (exact) mass is 202 g/mol. The van der Waals surface area contributed by atoms with Crippen LogP contribution in [0.4, 0.5) is 13.2 Å². The van der Waals surface area contributed by atoms with Crippen molar-refractivity contribution in [3.05, 3.63) is 35.1 Å². The Morgan fingerprint density at radius 3 is 2.29 bits per heavy atom. The first-order chi connectivity index (χ1) is 6.37. The molecule has 1 aromatic rings. The third-order valence-electron chi connectivity index (χ3n) is 2.28. The fourth-order valence-electron chi connectivity index (χ4n) is 1.22. The molecule has 0 fully saturated rings. The summed E-state index contributed by atoms with van der Waals surface area (Å²) in [5.41, 5.74) is -0.254. The number of benzene rings is 1. The van der Waals surface area contributed by atoms with Crippen LogP contribution in [0.25, 0.3) is 0 Å². The summed E-state index contributed by atoms with van der Waals surface area (Å²) in [6.07, 6.45) is 0. The summed E-state index contributed by atoms with van der Waals surface area (Å²) in [4.78, 5) is 0. The molecule has 0 nitrogen and oxygen atoms in total. The van der Waals surface area contributed by atoms with Crippen molar-refractivity contribution in [2.75, 3.05) is 0 Å². The van der Waals surface area contributed by atoms with Crippen molar-refractivity contribution in [3.8, 4) is 0 Å². The first kappa shape index (κ1) is 11.1. The first-order valence-corrected chi connectivity index (χ1v) is 4.50. The van der Waals surface area contributed by atoms with Crippen molar-refractivity contribution in [1.29, 1.82) is 0 Å². The summed E-state index contributed by atoms with van der Waals surface area (Å²) < 4.78 is 40.3. The Hall–Kier alpha value is -0.990. The molecule has 0 spiro atoms. The van der Waals surface area contributed by atoms with Crippen LogP contribution in [0.2, 0.25) is 0 Å². The molecule has 0 atom stereocenters. The highest BCUT2D eigenvalue weighted by Gasteiger charge is 2.38. The Morgan fingerprint density at radius 1 is 1.21 bits per heavy atom. The molecule has 78 valence electrons. The molecule has 1 rings (SSSR count). The Bertz CT molecular complexity index is 329. The number of alkyl halides is 2. The average molecular weight is 202 g/mol. The summed E-state index contributed by atoms with van der Waals surface area (Å²) in [6.45, 7) is 4.23. The van der Waals surface area contributed by atoms with E-state index in [9.17, 15) is 13.2 Å². The lowest BCUT2D eigenvalue weighted by Gasteiger charge is -2.21. The summed E-state index contributed by atoms with van der Waals surface area (Å²) in [5.74, 6) is -4.80. The number of aryl methyl sites for hydroxylation is 1. The summed E-state index contributed by atoms with van der Waals surface area (Å²) >= 11 is 0. The summed E-state index contributed by atoms with van der Waals surface area (Å²) in [7, 11) is 0. The minimum Gasteiger partial charge on any atom is -0.206 e. The molecule has 0 radical (unpaired) electrons. The molecule has 0 N–H and O–H groups in total. The number of rotatable bonds is 2. The van der Waals surface area contributed by atoms with E-state index in [2.05, 4.69) is 0 Å². The fraction of sp³-hybridized carbons (Fsp3) is 0.455. The average Bonchev–Trinajstić information content (AvgIpc) is 2.09. The Kier molecular flexibility index (Phi) is 2.88. The van der Waals surface area contributed by atoms with E-state index in [1.807, 2.05) is 0 Å². The van der Waals surface area contributed by atoms with Gasteiger partial charge >= 0.3 is 0 Å². The minimum absolute atomic E-state index is 0.253. The van der Waals surface area contributed by atoms with Gasteiger partial charge in [-0.25, -0.2) is 13.2 Å². The zero-order valence-corrected chi connectivity index (χ0v) is 8.44. The van der Waals surface area contributed by atoms with Crippen LogP contribution < -0.4 is 0 Å². The fourth-order valence-corrected chi connectivity index (χ4v) is 1.22. The van der Waals surface area contributed by atoms with Crippen LogP contribution in [-0.2, 0) is 5.92 Å². The van der Waals surface area contributed by atoms with Gasteiger partial charge in [-0.15, -0.1) is 0 Å². The van der Waals surface area contributed by atoms with Crippen molar-refractivity contribution >= 4 is 0 Å². The lowest BCUT2D eigenvalue weighted by molar-refractivity contribution is -0.0544. The van der Waals surface area contributed by atoms with Crippen LogP contribution in [0.1, 0.15) is 25.0 Å². The van der Waals surface area contributed by atoms with E-state index in [1.54, 1.807) is 0 Å². The molecule has 0 unspecified atom stereocenters. The smallest absolute Gasteiger partial charge is 0.206 e. The van der Waals surface area contributed by atoms with E-state index in [4.69, 9.17) is 0 Å². The quantitative estimate of drug-likeness (QED) is 0.682. The topological polar surface area (TPSA) is 0 Å². The lowest BCUT2D eigenvalue weighted by atomic mass is 9.96. The van der Waals surface area contributed by atoms with Crippen LogP contribution in [0.5, 0.6) is 0 Å². The molecule has 0 aromatic heterocycles. The SMILES string of the molecule is Cc1cccc(C(F)(F)C(C)C)c1F. The maximum atomic E-state index is 13.5. The van der Waals surface area contributed by atoms with Gasteiger partial charge in [0.25, 0.3) is 5.92 Å². The van der Waals surface area contributed by atoms with Crippen LogP contribution in [0, 0.1) is 18.7 Å². The van der Waals surface area contributed by atoms with Crippen LogP contribution in [0.3, 0.4) is 0 Å². The van der Waals surface area contributed by atoms with Gasteiger partial charge in [-0.05, 0) is 12.5 Å². The molecular weight excluding hydrogens is 189 g/mol. The van der Waals surface area contributed by atoms with Gasteiger partial charge in [0, 0.05) is 5.92 Å². The van der Waals surface area contributed by atoms with E-state index in [0.29, 0.717) is 0 Å². The maximum Gasteiger partial charge on any atom is 0.278 e. The molecule has 1 aromatic carbocycles. The predicted molar refractivity (Wildman–Crippen MR) is 49.9 cm³/mol. The third kappa shape index (κ3) is 1.76. The Balaban J connectivity index is 3.26. The van der Waals surface area contributed by atoms with Gasteiger partial charge in [0.1, 0.15) is 5.82 Å². The highest BCUT2D eigenvalue weighted by atomic mass is 19.3. The third-order valence-corrected chi connectivity index (χ3v) is 2.28. The van der Waals surface area contributed by atoms with Gasteiger partial charge in [0.2, 0.25) is 0 Å². The molecule has 0 bridgehead atoms. The zero-order chi connectivity index (χ0) is 10.9.